The van der Waals surface area contributed by atoms with Crippen LogP contribution in [0, 0.1) is 5.82 Å². The van der Waals surface area contributed by atoms with Crippen LogP contribution in [0.1, 0.15) is 18.4 Å². The summed E-state index contributed by atoms with van der Waals surface area (Å²) < 4.78 is 23.6. The molecule has 6 heteroatoms. The van der Waals surface area contributed by atoms with Crippen molar-refractivity contribution in [2.75, 3.05) is 13.2 Å². The van der Waals surface area contributed by atoms with E-state index >= 15 is 0 Å². The zero-order valence-corrected chi connectivity index (χ0v) is 14.3. The first-order valence-electron chi connectivity index (χ1n) is 8.57. The van der Waals surface area contributed by atoms with Crippen LogP contribution in [0.2, 0.25) is 0 Å². The number of hydrogen-bond donors (Lipinski definition) is 2. The SMILES string of the molecule is O=C(NCCCCOc1ccc(F)cc1)NCc1ccc2ccoc2c1. The minimum Gasteiger partial charge on any atom is -0.494 e. The van der Waals surface area contributed by atoms with Gasteiger partial charge < -0.3 is 19.8 Å². The minimum absolute atomic E-state index is 0.205. The van der Waals surface area contributed by atoms with Gasteiger partial charge in [0.05, 0.1) is 12.9 Å². The Labute approximate surface area is 151 Å². The maximum atomic E-state index is 12.8. The van der Waals surface area contributed by atoms with E-state index in [1.165, 1.54) is 12.1 Å². The normalized spacial score (nSPS) is 10.7. The number of carbonyl (C=O) groups is 1. The highest BCUT2D eigenvalue weighted by Crippen LogP contribution is 2.16. The number of carbonyl (C=O) groups excluding carboxylic acids is 1. The number of amides is 2. The molecule has 3 aromatic rings. The number of hydrogen-bond acceptors (Lipinski definition) is 3. The molecule has 26 heavy (non-hydrogen) atoms. The van der Waals surface area contributed by atoms with Gasteiger partial charge in [0.1, 0.15) is 17.1 Å². The minimum atomic E-state index is -0.281. The van der Waals surface area contributed by atoms with E-state index in [4.69, 9.17) is 9.15 Å². The van der Waals surface area contributed by atoms with Crippen molar-refractivity contribution >= 4 is 17.0 Å². The van der Waals surface area contributed by atoms with Gasteiger partial charge in [-0.05, 0) is 54.8 Å². The predicted molar refractivity (Wildman–Crippen MR) is 97.6 cm³/mol. The number of benzene rings is 2. The number of urea groups is 1. The molecule has 5 nitrogen and oxygen atoms in total. The van der Waals surface area contributed by atoms with E-state index in [1.807, 2.05) is 24.3 Å². The van der Waals surface area contributed by atoms with Gasteiger partial charge in [-0.25, -0.2) is 9.18 Å². The molecule has 0 saturated carbocycles. The molecule has 1 aromatic heterocycles. The largest absolute Gasteiger partial charge is 0.494 e. The van der Waals surface area contributed by atoms with Crippen LogP contribution >= 0.6 is 0 Å². The second-order valence-corrected chi connectivity index (χ2v) is 5.91. The molecular weight excluding hydrogens is 335 g/mol. The van der Waals surface area contributed by atoms with Gasteiger partial charge in [0.2, 0.25) is 0 Å². The number of nitrogens with one attached hydrogen (secondary N) is 2. The molecule has 0 aliphatic heterocycles. The van der Waals surface area contributed by atoms with E-state index in [9.17, 15) is 9.18 Å². The van der Waals surface area contributed by atoms with Crippen molar-refractivity contribution in [2.24, 2.45) is 0 Å². The van der Waals surface area contributed by atoms with Crippen LogP contribution in [0.15, 0.2) is 59.2 Å². The molecule has 136 valence electrons. The molecule has 0 fully saturated rings. The van der Waals surface area contributed by atoms with Crippen LogP contribution in [0.25, 0.3) is 11.0 Å². The van der Waals surface area contributed by atoms with Gasteiger partial charge in [-0.3, -0.25) is 0 Å². The monoisotopic (exact) mass is 356 g/mol. The maximum absolute atomic E-state index is 12.8. The first kappa shape index (κ1) is 17.8. The summed E-state index contributed by atoms with van der Waals surface area (Å²) in [4.78, 5) is 11.8. The van der Waals surface area contributed by atoms with E-state index < -0.39 is 0 Å². The van der Waals surface area contributed by atoms with Crippen LogP contribution in [0.4, 0.5) is 9.18 Å². The first-order valence-corrected chi connectivity index (χ1v) is 8.57. The smallest absolute Gasteiger partial charge is 0.315 e. The molecule has 0 radical (unpaired) electrons. The van der Waals surface area contributed by atoms with Crippen LogP contribution in [-0.2, 0) is 6.54 Å². The van der Waals surface area contributed by atoms with Crippen LogP contribution in [0.5, 0.6) is 5.75 Å². The number of halogens is 1. The summed E-state index contributed by atoms with van der Waals surface area (Å²) in [6, 6.07) is 13.5. The van der Waals surface area contributed by atoms with E-state index in [2.05, 4.69) is 10.6 Å². The Kier molecular flexibility index (Phi) is 6.09. The standard InChI is InChI=1S/C20H21FN2O3/c21-17-5-7-18(8-6-17)25-11-2-1-10-22-20(24)23-14-15-3-4-16-9-12-26-19(16)13-15/h3-9,12-13H,1-2,10-11,14H2,(H2,22,23,24). The van der Waals surface area contributed by atoms with Gasteiger partial charge >= 0.3 is 6.03 Å². The van der Waals surface area contributed by atoms with Gasteiger partial charge in [0.25, 0.3) is 0 Å². The van der Waals surface area contributed by atoms with Crippen LogP contribution in [0.3, 0.4) is 0 Å². The highest BCUT2D eigenvalue weighted by molar-refractivity contribution is 5.78. The Balaban J connectivity index is 1.27. The summed E-state index contributed by atoms with van der Waals surface area (Å²) >= 11 is 0. The lowest BCUT2D eigenvalue weighted by atomic mass is 10.2. The Hall–Kier alpha value is -3.02. The summed E-state index contributed by atoms with van der Waals surface area (Å²) in [5, 5.41) is 6.67. The summed E-state index contributed by atoms with van der Waals surface area (Å²) in [6.07, 6.45) is 3.24. The molecule has 0 spiro atoms. The molecule has 2 N–H and O–H groups in total. The summed E-state index contributed by atoms with van der Waals surface area (Å²) in [7, 11) is 0. The lowest BCUT2D eigenvalue weighted by Crippen LogP contribution is -2.35. The van der Waals surface area contributed by atoms with Gasteiger partial charge in [-0.1, -0.05) is 12.1 Å². The molecule has 3 rings (SSSR count). The Morgan fingerprint density at radius 3 is 2.73 bits per heavy atom. The molecule has 0 aliphatic rings. The average molecular weight is 356 g/mol. The number of rotatable bonds is 8. The fraction of sp³-hybridized carbons (Fsp3) is 0.250. The molecule has 2 amide bonds. The number of unbranched alkanes of at least 4 members (excludes halogenated alkanes) is 1. The summed E-state index contributed by atoms with van der Waals surface area (Å²) in [5.74, 6) is 0.363. The van der Waals surface area contributed by atoms with E-state index in [0.717, 1.165) is 29.4 Å². The first-order chi connectivity index (χ1) is 12.7. The highest BCUT2D eigenvalue weighted by atomic mass is 19.1. The average Bonchev–Trinajstić information content (AvgIpc) is 3.12. The fourth-order valence-electron chi connectivity index (χ4n) is 2.50. The van der Waals surface area contributed by atoms with Crippen molar-refractivity contribution < 1.29 is 18.3 Å². The molecule has 2 aromatic carbocycles. The lowest BCUT2D eigenvalue weighted by Gasteiger charge is -2.08. The van der Waals surface area contributed by atoms with Crippen molar-refractivity contribution in [3.63, 3.8) is 0 Å². The van der Waals surface area contributed by atoms with Crippen molar-refractivity contribution in [2.45, 2.75) is 19.4 Å². The van der Waals surface area contributed by atoms with Gasteiger partial charge in [0, 0.05) is 18.5 Å². The van der Waals surface area contributed by atoms with Crippen molar-refractivity contribution in [3.8, 4) is 5.75 Å². The van der Waals surface area contributed by atoms with Gasteiger partial charge in [-0.15, -0.1) is 0 Å². The second-order valence-electron chi connectivity index (χ2n) is 5.91. The van der Waals surface area contributed by atoms with Crippen molar-refractivity contribution in [1.29, 1.82) is 0 Å². The topological polar surface area (TPSA) is 63.5 Å². The van der Waals surface area contributed by atoms with Crippen molar-refractivity contribution in [1.82, 2.24) is 10.6 Å². The zero-order valence-electron chi connectivity index (χ0n) is 14.3. The molecule has 0 atom stereocenters. The second kappa shape index (κ2) is 8.89. The van der Waals surface area contributed by atoms with E-state index in [-0.39, 0.29) is 11.8 Å². The lowest BCUT2D eigenvalue weighted by molar-refractivity contribution is 0.239. The third-order valence-electron chi connectivity index (χ3n) is 3.91. The third kappa shape index (κ3) is 5.24. The van der Waals surface area contributed by atoms with Crippen LogP contribution in [-0.4, -0.2) is 19.2 Å². The Bertz CT molecular complexity index is 846. The van der Waals surface area contributed by atoms with Gasteiger partial charge in [-0.2, -0.15) is 0 Å². The molecule has 0 aliphatic carbocycles. The molecule has 0 unspecified atom stereocenters. The number of furan rings is 1. The Morgan fingerprint density at radius 1 is 1.04 bits per heavy atom. The predicted octanol–water partition coefficient (Wildman–Crippen LogP) is 4.23. The van der Waals surface area contributed by atoms with Gasteiger partial charge in [0.15, 0.2) is 0 Å². The highest BCUT2D eigenvalue weighted by Gasteiger charge is 2.02. The van der Waals surface area contributed by atoms with Crippen molar-refractivity contribution in [3.05, 3.63) is 66.2 Å². The van der Waals surface area contributed by atoms with Crippen LogP contribution < -0.4 is 15.4 Å². The molecule has 0 saturated heterocycles. The Morgan fingerprint density at radius 2 is 1.88 bits per heavy atom. The maximum Gasteiger partial charge on any atom is 0.315 e. The molecular formula is C20H21FN2O3. The summed E-state index contributed by atoms with van der Waals surface area (Å²) in [5.41, 5.74) is 1.79. The zero-order chi connectivity index (χ0) is 18.2. The van der Waals surface area contributed by atoms with E-state index in [1.54, 1.807) is 18.4 Å². The summed E-state index contributed by atoms with van der Waals surface area (Å²) in [6.45, 7) is 1.53. The number of fused-ring (bicyclic) bond motifs is 1. The molecule has 1 heterocycles. The molecule has 0 bridgehead atoms. The van der Waals surface area contributed by atoms with E-state index in [0.29, 0.717) is 25.4 Å². The number of ether oxygens (including phenoxy) is 1. The quantitative estimate of drug-likeness (QED) is 0.594. The fourth-order valence-corrected chi connectivity index (χ4v) is 2.50. The third-order valence-corrected chi connectivity index (χ3v) is 3.91.